The van der Waals surface area contributed by atoms with Crippen LogP contribution in [0.3, 0.4) is 0 Å². The van der Waals surface area contributed by atoms with E-state index in [0.717, 1.165) is 19.6 Å². The summed E-state index contributed by atoms with van der Waals surface area (Å²) in [7, 11) is 0. The third-order valence-corrected chi connectivity index (χ3v) is 2.54. The van der Waals surface area contributed by atoms with Crippen molar-refractivity contribution in [2.24, 2.45) is 11.7 Å². The van der Waals surface area contributed by atoms with Crippen LogP contribution in [0.25, 0.3) is 0 Å². The van der Waals surface area contributed by atoms with Crippen molar-refractivity contribution in [3.8, 4) is 0 Å². The van der Waals surface area contributed by atoms with Gasteiger partial charge in [0.15, 0.2) is 0 Å². The average molecular weight is 186 g/mol. The van der Waals surface area contributed by atoms with Crippen molar-refractivity contribution in [1.82, 2.24) is 5.32 Å². The molecule has 3 N–H and O–H groups in total. The molecule has 4 heteroatoms. The van der Waals surface area contributed by atoms with Crippen molar-refractivity contribution in [3.63, 3.8) is 0 Å². The van der Waals surface area contributed by atoms with Gasteiger partial charge in [0.2, 0.25) is 5.91 Å². The molecule has 0 aromatic heterocycles. The Morgan fingerprint density at radius 2 is 2.46 bits per heavy atom. The van der Waals surface area contributed by atoms with Gasteiger partial charge in [-0.15, -0.1) is 0 Å². The molecule has 2 unspecified atom stereocenters. The summed E-state index contributed by atoms with van der Waals surface area (Å²) in [6.45, 7) is 6.09. The Kier molecular flexibility index (Phi) is 3.27. The second kappa shape index (κ2) is 4.07. The normalized spacial score (nSPS) is 30.3. The van der Waals surface area contributed by atoms with E-state index in [9.17, 15) is 4.79 Å². The first-order chi connectivity index (χ1) is 6.03. The topological polar surface area (TPSA) is 64.3 Å². The maximum atomic E-state index is 10.8. The summed E-state index contributed by atoms with van der Waals surface area (Å²) < 4.78 is 5.27. The fourth-order valence-corrected chi connectivity index (χ4v) is 1.31. The van der Waals surface area contributed by atoms with Crippen LogP contribution in [0.5, 0.6) is 0 Å². The van der Waals surface area contributed by atoms with Gasteiger partial charge >= 0.3 is 0 Å². The molecule has 2 atom stereocenters. The van der Waals surface area contributed by atoms with E-state index < -0.39 is 0 Å². The first kappa shape index (κ1) is 10.5. The minimum atomic E-state index is -0.255. The number of hydrogen-bond acceptors (Lipinski definition) is 3. The zero-order chi connectivity index (χ0) is 9.90. The Morgan fingerprint density at radius 3 is 2.92 bits per heavy atom. The molecule has 0 spiro atoms. The van der Waals surface area contributed by atoms with Crippen LogP contribution in [-0.4, -0.2) is 31.2 Å². The molecule has 0 aliphatic carbocycles. The lowest BCUT2D eigenvalue weighted by Gasteiger charge is -2.24. The number of carbonyl (C=O) groups excluding carboxylic acids is 1. The van der Waals surface area contributed by atoms with Gasteiger partial charge in [0.1, 0.15) is 0 Å². The van der Waals surface area contributed by atoms with E-state index in [2.05, 4.69) is 12.2 Å². The van der Waals surface area contributed by atoms with E-state index in [1.165, 1.54) is 0 Å². The molecule has 0 aromatic rings. The minimum absolute atomic E-state index is 0.0315. The fourth-order valence-electron chi connectivity index (χ4n) is 1.31. The Bertz CT molecular complexity index is 188. The summed E-state index contributed by atoms with van der Waals surface area (Å²) in [5.41, 5.74) is 5.19. The lowest BCUT2D eigenvalue weighted by atomic mass is 10.0. The van der Waals surface area contributed by atoms with Crippen molar-refractivity contribution in [2.45, 2.75) is 25.8 Å². The standard InChI is InChI=1S/C9H18N2O2/c1-7(8(10)12)5-11-9(2)3-4-13-6-9/h7,11H,3-6H2,1-2H3,(H2,10,12). The Balaban J connectivity index is 2.28. The number of nitrogens with one attached hydrogen (secondary N) is 1. The Labute approximate surface area is 78.8 Å². The third-order valence-electron chi connectivity index (χ3n) is 2.54. The number of ether oxygens (including phenoxy) is 1. The molecule has 1 aliphatic heterocycles. The molecule has 4 nitrogen and oxygen atoms in total. The molecule has 76 valence electrons. The van der Waals surface area contributed by atoms with Gasteiger partial charge in [-0.3, -0.25) is 4.79 Å². The zero-order valence-corrected chi connectivity index (χ0v) is 8.30. The summed E-state index contributed by atoms with van der Waals surface area (Å²) >= 11 is 0. The summed E-state index contributed by atoms with van der Waals surface area (Å²) in [6, 6.07) is 0. The molecule has 0 radical (unpaired) electrons. The lowest BCUT2D eigenvalue weighted by molar-refractivity contribution is -0.121. The Hall–Kier alpha value is -0.610. The van der Waals surface area contributed by atoms with Gasteiger partial charge in [0.25, 0.3) is 0 Å². The lowest BCUT2D eigenvalue weighted by Crippen LogP contribution is -2.46. The maximum absolute atomic E-state index is 10.8. The highest BCUT2D eigenvalue weighted by molar-refractivity contribution is 5.76. The molecule has 1 rings (SSSR count). The third kappa shape index (κ3) is 2.97. The van der Waals surface area contributed by atoms with E-state index in [-0.39, 0.29) is 17.4 Å². The number of rotatable bonds is 4. The van der Waals surface area contributed by atoms with Crippen LogP contribution in [-0.2, 0) is 9.53 Å². The fraction of sp³-hybridized carbons (Fsp3) is 0.889. The van der Waals surface area contributed by atoms with Crippen molar-refractivity contribution >= 4 is 5.91 Å². The SMILES string of the molecule is CC(CNC1(C)CCOC1)C(N)=O. The van der Waals surface area contributed by atoms with Crippen LogP contribution < -0.4 is 11.1 Å². The molecule has 1 aliphatic rings. The molecule has 0 aromatic carbocycles. The van der Waals surface area contributed by atoms with E-state index in [0.29, 0.717) is 6.54 Å². The van der Waals surface area contributed by atoms with Gasteiger partial charge < -0.3 is 15.8 Å². The number of hydrogen-bond donors (Lipinski definition) is 2. The summed E-state index contributed by atoms with van der Waals surface area (Å²) in [4.78, 5) is 10.8. The van der Waals surface area contributed by atoms with Crippen molar-refractivity contribution < 1.29 is 9.53 Å². The molecule has 1 saturated heterocycles. The molecule has 0 saturated carbocycles. The average Bonchev–Trinajstić information content (AvgIpc) is 2.48. The van der Waals surface area contributed by atoms with Gasteiger partial charge in [-0.05, 0) is 13.3 Å². The molecular weight excluding hydrogens is 168 g/mol. The molecular formula is C9H18N2O2. The van der Waals surface area contributed by atoms with Crippen LogP contribution in [0.1, 0.15) is 20.3 Å². The molecule has 1 amide bonds. The van der Waals surface area contributed by atoms with Gasteiger partial charge in [-0.1, -0.05) is 6.92 Å². The van der Waals surface area contributed by atoms with Crippen molar-refractivity contribution in [2.75, 3.05) is 19.8 Å². The van der Waals surface area contributed by atoms with Crippen LogP contribution >= 0.6 is 0 Å². The number of primary amides is 1. The highest BCUT2D eigenvalue weighted by atomic mass is 16.5. The van der Waals surface area contributed by atoms with Crippen molar-refractivity contribution in [3.05, 3.63) is 0 Å². The summed E-state index contributed by atoms with van der Waals surface area (Å²) in [5.74, 6) is -0.368. The van der Waals surface area contributed by atoms with Gasteiger partial charge in [-0.2, -0.15) is 0 Å². The summed E-state index contributed by atoms with van der Waals surface area (Å²) in [6.07, 6.45) is 0.998. The van der Waals surface area contributed by atoms with E-state index in [1.807, 2.05) is 6.92 Å². The number of nitrogens with two attached hydrogens (primary N) is 1. The monoisotopic (exact) mass is 186 g/mol. The van der Waals surface area contributed by atoms with E-state index >= 15 is 0 Å². The summed E-state index contributed by atoms with van der Waals surface area (Å²) in [5, 5.41) is 3.31. The van der Waals surface area contributed by atoms with Gasteiger partial charge in [-0.25, -0.2) is 0 Å². The van der Waals surface area contributed by atoms with Crippen LogP contribution in [0.2, 0.25) is 0 Å². The number of carbonyl (C=O) groups is 1. The first-order valence-electron chi connectivity index (χ1n) is 4.66. The quantitative estimate of drug-likeness (QED) is 0.643. The minimum Gasteiger partial charge on any atom is -0.379 e. The van der Waals surface area contributed by atoms with Gasteiger partial charge in [0.05, 0.1) is 6.61 Å². The van der Waals surface area contributed by atoms with Crippen LogP contribution in [0.4, 0.5) is 0 Å². The smallest absolute Gasteiger partial charge is 0.221 e. The van der Waals surface area contributed by atoms with Crippen LogP contribution in [0.15, 0.2) is 0 Å². The molecule has 0 bridgehead atoms. The van der Waals surface area contributed by atoms with Gasteiger partial charge in [0, 0.05) is 24.6 Å². The van der Waals surface area contributed by atoms with Crippen molar-refractivity contribution in [1.29, 1.82) is 0 Å². The Morgan fingerprint density at radius 1 is 1.77 bits per heavy atom. The zero-order valence-electron chi connectivity index (χ0n) is 8.30. The van der Waals surface area contributed by atoms with E-state index in [4.69, 9.17) is 10.5 Å². The highest BCUT2D eigenvalue weighted by Crippen LogP contribution is 2.17. The predicted octanol–water partition coefficient (Wildman–Crippen LogP) is -0.124. The van der Waals surface area contributed by atoms with Crippen LogP contribution in [0, 0.1) is 5.92 Å². The molecule has 1 heterocycles. The highest BCUT2D eigenvalue weighted by Gasteiger charge is 2.29. The number of amides is 1. The second-order valence-electron chi connectivity index (χ2n) is 4.05. The van der Waals surface area contributed by atoms with E-state index in [1.54, 1.807) is 0 Å². The maximum Gasteiger partial charge on any atom is 0.221 e. The molecule has 1 fully saturated rings. The molecule has 13 heavy (non-hydrogen) atoms. The largest absolute Gasteiger partial charge is 0.379 e. The predicted molar refractivity (Wildman–Crippen MR) is 50.2 cm³/mol. The second-order valence-corrected chi connectivity index (χ2v) is 4.05. The first-order valence-corrected chi connectivity index (χ1v) is 4.66.